The minimum atomic E-state index is -0.460. The van der Waals surface area contributed by atoms with Crippen molar-refractivity contribution in [1.82, 2.24) is 0 Å². The van der Waals surface area contributed by atoms with Crippen LogP contribution in [-0.2, 0) is 6.42 Å². The molecular formula is C11H15NO2. The number of fused-ring (bicyclic) bond motifs is 1. The largest absolute Gasteiger partial charge is 0.508 e. The van der Waals surface area contributed by atoms with Gasteiger partial charge in [-0.05, 0) is 43.5 Å². The first-order chi connectivity index (χ1) is 6.68. The van der Waals surface area contributed by atoms with E-state index in [0.717, 1.165) is 30.6 Å². The molecule has 76 valence electrons. The lowest BCUT2D eigenvalue weighted by Gasteiger charge is -2.33. The molecule has 0 saturated heterocycles. The van der Waals surface area contributed by atoms with E-state index in [-0.39, 0.29) is 0 Å². The third-order valence-electron chi connectivity index (χ3n) is 2.67. The minimum absolute atomic E-state index is 0.302. The maximum Gasteiger partial charge on any atom is 0.124 e. The van der Waals surface area contributed by atoms with Crippen molar-refractivity contribution < 1.29 is 10.2 Å². The number of aryl methyl sites for hydroxylation is 1. The summed E-state index contributed by atoms with van der Waals surface area (Å²) in [6.45, 7) is 2.65. The van der Waals surface area contributed by atoms with Gasteiger partial charge in [0.15, 0.2) is 0 Å². The van der Waals surface area contributed by atoms with Crippen molar-refractivity contribution in [1.29, 1.82) is 0 Å². The molecule has 3 heteroatoms. The third-order valence-corrected chi connectivity index (χ3v) is 2.67. The van der Waals surface area contributed by atoms with Crippen LogP contribution in [0.15, 0.2) is 18.2 Å². The zero-order valence-corrected chi connectivity index (χ0v) is 8.27. The number of rotatable bonds is 1. The summed E-state index contributed by atoms with van der Waals surface area (Å²) >= 11 is 0. The van der Waals surface area contributed by atoms with E-state index in [1.807, 2.05) is 11.0 Å². The molecule has 0 bridgehead atoms. The predicted octanol–water partition coefficient (Wildman–Crippen LogP) is 1.48. The van der Waals surface area contributed by atoms with Crippen molar-refractivity contribution in [3.63, 3.8) is 0 Å². The normalized spacial score (nSPS) is 17.7. The number of aliphatic hydroxyl groups excluding tert-OH is 1. The fourth-order valence-electron chi connectivity index (χ4n) is 2.00. The second-order valence-electron chi connectivity index (χ2n) is 3.74. The lowest BCUT2D eigenvalue weighted by atomic mass is 10.0. The molecule has 14 heavy (non-hydrogen) atoms. The molecule has 0 amide bonds. The summed E-state index contributed by atoms with van der Waals surface area (Å²) in [6, 6.07) is 5.32. The number of hydrogen-bond acceptors (Lipinski definition) is 3. The van der Waals surface area contributed by atoms with E-state index in [0.29, 0.717) is 5.75 Å². The van der Waals surface area contributed by atoms with E-state index in [9.17, 15) is 10.2 Å². The van der Waals surface area contributed by atoms with Crippen LogP contribution in [0.25, 0.3) is 0 Å². The highest BCUT2D eigenvalue weighted by atomic mass is 16.3. The molecule has 0 saturated carbocycles. The van der Waals surface area contributed by atoms with Gasteiger partial charge < -0.3 is 15.1 Å². The number of anilines is 1. The molecule has 1 unspecified atom stereocenters. The zero-order valence-electron chi connectivity index (χ0n) is 8.27. The van der Waals surface area contributed by atoms with Gasteiger partial charge in [-0.1, -0.05) is 0 Å². The standard InChI is InChI=1S/C11H15NO2/c1-8(13)12-6-2-3-9-7-10(14)4-5-11(9)12/h4-5,7-8,13-14H,2-3,6H2,1H3. The quantitative estimate of drug-likeness (QED) is 0.710. The molecule has 0 fully saturated rings. The summed E-state index contributed by atoms with van der Waals surface area (Å²) in [5, 5.41) is 18.9. The highest BCUT2D eigenvalue weighted by Gasteiger charge is 2.19. The Hall–Kier alpha value is -1.22. The van der Waals surface area contributed by atoms with Gasteiger partial charge in [0.2, 0.25) is 0 Å². The average Bonchev–Trinajstić information content (AvgIpc) is 2.16. The Morgan fingerprint density at radius 1 is 1.43 bits per heavy atom. The summed E-state index contributed by atoms with van der Waals surface area (Å²) in [4.78, 5) is 1.96. The summed E-state index contributed by atoms with van der Waals surface area (Å²) in [7, 11) is 0. The van der Waals surface area contributed by atoms with Crippen molar-refractivity contribution >= 4 is 5.69 Å². The van der Waals surface area contributed by atoms with E-state index < -0.39 is 6.23 Å². The Labute approximate surface area is 83.6 Å². The fraction of sp³-hybridized carbons (Fsp3) is 0.455. The first-order valence-electron chi connectivity index (χ1n) is 4.95. The molecule has 0 aliphatic carbocycles. The van der Waals surface area contributed by atoms with Crippen LogP contribution < -0.4 is 4.90 Å². The number of aromatic hydroxyl groups is 1. The molecule has 1 aliphatic heterocycles. The second kappa shape index (κ2) is 3.50. The van der Waals surface area contributed by atoms with Gasteiger partial charge in [-0.2, -0.15) is 0 Å². The maximum absolute atomic E-state index is 9.56. The first kappa shape index (κ1) is 9.34. The molecule has 1 heterocycles. The highest BCUT2D eigenvalue weighted by molar-refractivity contribution is 5.58. The Bertz CT molecular complexity index is 336. The van der Waals surface area contributed by atoms with E-state index >= 15 is 0 Å². The molecule has 2 N–H and O–H groups in total. The first-order valence-corrected chi connectivity index (χ1v) is 4.95. The zero-order chi connectivity index (χ0) is 10.1. The molecular weight excluding hydrogens is 178 g/mol. The Balaban J connectivity index is 2.40. The summed E-state index contributed by atoms with van der Waals surface area (Å²) < 4.78 is 0. The van der Waals surface area contributed by atoms with Crippen molar-refractivity contribution in [3.8, 4) is 5.75 Å². The van der Waals surface area contributed by atoms with Crippen LogP contribution in [0.2, 0.25) is 0 Å². The van der Waals surface area contributed by atoms with Gasteiger partial charge in [0, 0.05) is 12.2 Å². The molecule has 0 radical (unpaired) electrons. The number of aliphatic hydroxyl groups is 1. The summed E-state index contributed by atoms with van der Waals surface area (Å²) in [5.41, 5.74) is 2.17. The highest BCUT2D eigenvalue weighted by Crippen LogP contribution is 2.30. The van der Waals surface area contributed by atoms with Crippen molar-refractivity contribution in [2.24, 2.45) is 0 Å². The van der Waals surface area contributed by atoms with Crippen molar-refractivity contribution in [2.75, 3.05) is 11.4 Å². The van der Waals surface area contributed by atoms with Gasteiger partial charge in [0.05, 0.1) is 0 Å². The fourth-order valence-corrected chi connectivity index (χ4v) is 2.00. The van der Waals surface area contributed by atoms with E-state index in [1.165, 1.54) is 0 Å². The Morgan fingerprint density at radius 2 is 2.21 bits per heavy atom. The number of phenolic OH excluding ortho intramolecular Hbond substituents is 1. The van der Waals surface area contributed by atoms with Crippen LogP contribution >= 0.6 is 0 Å². The van der Waals surface area contributed by atoms with Gasteiger partial charge >= 0.3 is 0 Å². The second-order valence-corrected chi connectivity index (χ2v) is 3.74. The van der Waals surface area contributed by atoms with Crippen molar-refractivity contribution in [3.05, 3.63) is 23.8 Å². The van der Waals surface area contributed by atoms with Gasteiger partial charge in [-0.3, -0.25) is 0 Å². The molecule has 1 atom stereocenters. The van der Waals surface area contributed by atoms with Crippen LogP contribution in [0, 0.1) is 0 Å². The molecule has 2 rings (SSSR count). The average molecular weight is 193 g/mol. The number of hydrogen-bond donors (Lipinski definition) is 2. The lowest BCUT2D eigenvalue weighted by Crippen LogP contribution is -2.36. The number of phenols is 1. The summed E-state index contributed by atoms with van der Waals surface area (Å²) in [5.74, 6) is 0.302. The van der Waals surface area contributed by atoms with Gasteiger partial charge in [0.25, 0.3) is 0 Å². The Morgan fingerprint density at radius 3 is 2.93 bits per heavy atom. The van der Waals surface area contributed by atoms with E-state index in [4.69, 9.17) is 0 Å². The lowest BCUT2D eigenvalue weighted by molar-refractivity contribution is 0.186. The smallest absolute Gasteiger partial charge is 0.124 e. The Kier molecular flexibility index (Phi) is 2.33. The molecule has 0 spiro atoms. The van der Waals surface area contributed by atoms with E-state index in [1.54, 1.807) is 19.1 Å². The number of nitrogens with zero attached hydrogens (tertiary/aromatic N) is 1. The molecule has 0 aromatic heterocycles. The predicted molar refractivity (Wildman–Crippen MR) is 55.5 cm³/mol. The van der Waals surface area contributed by atoms with Crippen LogP contribution in [0.1, 0.15) is 18.9 Å². The number of benzene rings is 1. The molecule has 3 nitrogen and oxygen atoms in total. The molecule has 1 aromatic rings. The van der Waals surface area contributed by atoms with Gasteiger partial charge in [-0.25, -0.2) is 0 Å². The monoisotopic (exact) mass is 193 g/mol. The third kappa shape index (κ3) is 1.55. The SMILES string of the molecule is CC(O)N1CCCc2cc(O)ccc21. The van der Waals surface area contributed by atoms with Crippen LogP contribution in [0.3, 0.4) is 0 Å². The maximum atomic E-state index is 9.56. The summed E-state index contributed by atoms with van der Waals surface area (Å²) in [6.07, 6.45) is 1.55. The van der Waals surface area contributed by atoms with E-state index in [2.05, 4.69) is 0 Å². The van der Waals surface area contributed by atoms with Crippen LogP contribution in [0.5, 0.6) is 5.75 Å². The minimum Gasteiger partial charge on any atom is -0.508 e. The van der Waals surface area contributed by atoms with Crippen LogP contribution in [0.4, 0.5) is 5.69 Å². The van der Waals surface area contributed by atoms with Crippen molar-refractivity contribution in [2.45, 2.75) is 26.0 Å². The molecule has 1 aliphatic rings. The molecule has 1 aromatic carbocycles. The topological polar surface area (TPSA) is 43.7 Å². The van der Waals surface area contributed by atoms with Gasteiger partial charge in [0.1, 0.15) is 12.0 Å². The van der Waals surface area contributed by atoms with Gasteiger partial charge in [-0.15, -0.1) is 0 Å². The van der Waals surface area contributed by atoms with Crippen LogP contribution in [-0.4, -0.2) is 23.0 Å².